The quantitative estimate of drug-likeness (QED) is 0.498. The van der Waals surface area contributed by atoms with Crippen LogP contribution in [0.3, 0.4) is 0 Å². The Bertz CT molecular complexity index is 1110. The van der Waals surface area contributed by atoms with Crippen molar-refractivity contribution in [1.29, 1.82) is 0 Å². The van der Waals surface area contributed by atoms with Crippen LogP contribution in [0.2, 0.25) is 0 Å². The first-order valence-corrected chi connectivity index (χ1v) is 11.9. The standard InChI is InChI=1S/C28H32N4O3/c1-31(20-27(33)29-24-11-13-25(14-12-24)32-15-17-35-18-16-32)21-28(34)30-26-10-6-5-9-23(26)19-22-7-3-2-4-8-22/h2-14H,15-21H2,1H3,(H,29,33)(H,30,34). The molecule has 0 aliphatic carbocycles. The van der Waals surface area contributed by atoms with Crippen LogP contribution in [0.15, 0.2) is 78.9 Å². The van der Waals surface area contributed by atoms with Crippen molar-refractivity contribution in [2.45, 2.75) is 6.42 Å². The number of nitrogens with one attached hydrogen (secondary N) is 2. The van der Waals surface area contributed by atoms with Gasteiger partial charge < -0.3 is 20.3 Å². The third kappa shape index (κ3) is 7.40. The van der Waals surface area contributed by atoms with Crippen LogP contribution in [0.25, 0.3) is 0 Å². The fourth-order valence-corrected chi connectivity index (χ4v) is 4.13. The number of rotatable bonds is 9. The zero-order valence-electron chi connectivity index (χ0n) is 20.1. The molecule has 0 aromatic heterocycles. The van der Waals surface area contributed by atoms with Crippen LogP contribution in [0, 0.1) is 0 Å². The van der Waals surface area contributed by atoms with Crippen LogP contribution in [0.4, 0.5) is 17.1 Å². The van der Waals surface area contributed by atoms with Gasteiger partial charge in [-0.1, -0.05) is 48.5 Å². The number of morpholine rings is 1. The molecule has 182 valence electrons. The molecule has 0 atom stereocenters. The van der Waals surface area contributed by atoms with Gasteiger partial charge in [0, 0.05) is 30.2 Å². The molecular weight excluding hydrogens is 440 g/mol. The number of ether oxygens (including phenoxy) is 1. The molecule has 0 radical (unpaired) electrons. The molecule has 4 rings (SSSR count). The van der Waals surface area contributed by atoms with E-state index in [-0.39, 0.29) is 24.9 Å². The molecule has 1 aliphatic rings. The van der Waals surface area contributed by atoms with Crippen LogP contribution in [-0.2, 0) is 20.7 Å². The third-order valence-corrected chi connectivity index (χ3v) is 5.88. The maximum Gasteiger partial charge on any atom is 0.238 e. The number of carbonyl (C=O) groups excluding carboxylic acids is 2. The van der Waals surface area contributed by atoms with Crippen molar-refractivity contribution in [3.8, 4) is 0 Å². The number of likely N-dealkylation sites (N-methyl/N-ethyl adjacent to an activating group) is 1. The molecule has 3 aromatic carbocycles. The number of carbonyl (C=O) groups is 2. The maximum absolute atomic E-state index is 12.7. The smallest absolute Gasteiger partial charge is 0.238 e. The molecule has 0 bridgehead atoms. The molecule has 1 aliphatic heterocycles. The molecule has 3 aromatic rings. The minimum Gasteiger partial charge on any atom is -0.378 e. The normalized spacial score (nSPS) is 13.5. The Hall–Kier alpha value is -3.68. The van der Waals surface area contributed by atoms with Crippen LogP contribution in [0.5, 0.6) is 0 Å². The minimum atomic E-state index is -0.163. The average molecular weight is 473 g/mol. The summed E-state index contributed by atoms with van der Waals surface area (Å²) in [5, 5.41) is 5.90. The summed E-state index contributed by atoms with van der Waals surface area (Å²) < 4.78 is 5.39. The fraction of sp³-hybridized carbons (Fsp3) is 0.286. The lowest BCUT2D eigenvalue weighted by Crippen LogP contribution is -2.36. The summed E-state index contributed by atoms with van der Waals surface area (Å²) in [5.41, 5.74) is 4.88. The highest BCUT2D eigenvalue weighted by Gasteiger charge is 2.14. The van der Waals surface area contributed by atoms with Crippen molar-refractivity contribution >= 4 is 28.9 Å². The number of hydrogen-bond donors (Lipinski definition) is 2. The van der Waals surface area contributed by atoms with Crippen LogP contribution >= 0.6 is 0 Å². The van der Waals surface area contributed by atoms with Gasteiger partial charge in [0.1, 0.15) is 0 Å². The Balaban J connectivity index is 1.25. The fourth-order valence-electron chi connectivity index (χ4n) is 4.13. The number of hydrogen-bond acceptors (Lipinski definition) is 5. The lowest BCUT2D eigenvalue weighted by Gasteiger charge is -2.28. The Labute approximate surface area is 206 Å². The molecule has 1 fully saturated rings. The molecule has 7 heteroatoms. The molecule has 2 amide bonds. The average Bonchev–Trinajstić information content (AvgIpc) is 2.86. The second-order valence-electron chi connectivity index (χ2n) is 8.73. The summed E-state index contributed by atoms with van der Waals surface area (Å²) in [4.78, 5) is 29.1. The zero-order valence-corrected chi connectivity index (χ0v) is 20.1. The van der Waals surface area contributed by atoms with E-state index in [9.17, 15) is 9.59 Å². The predicted octanol–water partition coefficient (Wildman–Crippen LogP) is 3.62. The van der Waals surface area contributed by atoms with Crippen molar-refractivity contribution in [1.82, 2.24) is 4.90 Å². The van der Waals surface area contributed by atoms with Crippen LogP contribution in [-0.4, -0.2) is 63.2 Å². The highest BCUT2D eigenvalue weighted by atomic mass is 16.5. The van der Waals surface area contributed by atoms with Gasteiger partial charge in [-0.25, -0.2) is 0 Å². The van der Waals surface area contributed by atoms with E-state index >= 15 is 0 Å². The summed E-state index contributed by atoms with van der Waals surface area (Å²) in [6, 6.07) is 25.8. The summed E-state index contributed by atoms with van der Waals surface area (Å²) >= 11 is 0. The van der Waals surface area contributed by atoms with Crippen molar-refractivity contribution < 1.29 is 14.3 Å². The van der Waals surface area contributed by atoms with Gasteiger partial charge in [-0.2, -0.15) is 0 Å². The Morgan fingerprint density at radius 3 is 2.17 bits per heavy atom. The van der Waals surface area contributed by atoms with Gasteiger partial charge in [0.15, 0.2) is 0 Å². The van der Waals surface area contributed by atoms with Gasteiger partial charge in [-0.3, -0.25) is 14.5 Å². The van der Waals surface area contributed by atoms with E-state index < -0.39 is 0 Å². The number of anilines is 3. The Kier molecular flexibility index (Phi) is 8.48. The molecule has 1 heterocycles. The molecule has 0 saturated carbocycles. The topological polar surface area (TPSA) is 73.9 Å². The number of amides is 2. The third-order valence-electron chi connectivity index (χ3n) is 5.88. The van der Waals surface area contributed by atoms with Gasteiger partial charge in [0.2, 0.25) is 11.8 Å². The van der Waals surface area contributed by atoms with Gasteiger partial charge >= 0.3 is 0 Å². The molecule has 0 spiro atoms. The lowest BCUT2D eigenvalue weighted by atomic mass is 10.0. The second kappa shape index (κ2) is 12.1. The second-order valence-corrected chi connectivity index (χ2v) is 8.73. The summed E-state index contributed by atoms with van der Waals surface area (Å²) in [7, 11) is 1.76. The van der Waals surface area contributed by atoms with E-state index in [1.165, 1.54) is 5.56 Å². The SMILES string of the molecule is CN(CC(=O)Nc1ccc(N2CCOCC2)cc1)CC(=O)Nc1ccccc1Cc1ccccc1. The minimum absolute atomic E-state index is 0.114. The summed E-state index contributed by atoms with van der Waals surface area (Å²) in [5.74, 6) is -0.320. The number of benzene rings is 3. The van der Waals surface area contributed by atoms with Crippen molar-refractivity contribution in [2.75, 3.05) is 62.0 Å². The molecule has 2 N–H and O–H groups in total. The van der Waals surface area contributed by atoms with Gasteiger partial charge in [0.25, 0.3) is 0 Å². The molecule has 0 unspecified atom stereocenters. The van der Waals surface area contributed by atoms with E-state index in [0.717, 1.165) is 55.3 Å². The van der Waals surface area contributed by atoms with Crippen molar-refractivity contribution in [2.24, 2.45) is 0 Å². The largest absolute Gasteiger partial charge is 0.378 e. The van der Waals surface area contributed by atoms with Crippen LogP contribution in [0.1, 0.15) is 11.1 Å². The monoisotopic (exact) mass is 472 g/mol. The highest BCUT2D eigenvalue weighted by Crippen LogP contribution is 2.20. The first-order chi connectivity index (χ1) is 17.1. The maximum atomic E-state index is 12.7. The van der Waals surface area contributed by atoms with Crippen LogP contribution < -0.4 is 15.5 Å². The van der Waals surface area contributed by atoms with E-state index in [2.05, 4.69) is 27.7 Å². The van der Waals surface area contributed by atoms with E-state index in [1.807, 2.05) is 66.7 Å². The van der Waals surface area contributed by atoms with Gasteiger partial charge in [-0.05, 0) is 54.9 Å². The first kappa shape index (κ1) is 24.4. The predicted molar refractivity (Wildman–Crippen MR) is 140 cm³/mol. The first-order valence-electron chi connectivity index (χ1n) is 11.9. The number of para-hydroxylation sites is 1. The molecule has 1 saturated heterocycles. The highest BCUT2D eigenvalue weighted by molar-refractivity contribution is 5.95. The Morgan fingerprint density at radius 2 is 1.46 bits per heavy atom. The number of nitrogens with zero attached hydrogens (tertiary/aromatic N) is 2. The van der Waals surface area contributed by atoms with E-state index in [4.69, 9.17) is 4.74 Å². The van der Waals surface area contributed by atoms with Crippen molar-refractivity contribution in [3.05, 3.63) is 90.0 Å². The van der Waals surface area contributed by atoms with Gasteiger partial charge in [-0.15, -0.1) is 0 Å². The summed E-state index contributed by atoms with van der Waals surface area (Å²) in [6.45, 7) is 3.44. The van der Waals surface area contributed by atoms with Crippen molar-refractivity contribution in [3.63, 3.8) is 0 Å². The molecule has 35 heavy (non-hydrogen) atoms. The molecule has 7 nitrogen and oxygen atoms in total. The Morgan fingerprint density at radius 1 is 0.829 bits per heavy atom. The lowest BCUT2D eigenvalue weighted by molar-refractivity contribution is -0.119. The van der Waals surface area contributed by atoms with Gasteiger partial charge in [0.05, 0.1) is 26.3 Å². The summed E-state index contributed by atoms with van der Waals surface area (Å²) in [6.07, 6.45) is 0.736. The zero-order chi connectivity index (χ0) is 24.5. The molecular formula is C28H32N4O3. The van der Waals surface area contributed by atoms with E-state index in [1.54, 1.807) is 11.9 Å². The van der Waals surface area contributed by atoms with E-state index in [0.29, 0.717) is 0 Å².